The molecule has 6 heteroatoms. The Hall–Kier alpha value is -1.92. The van der Waals surface area contributed by atoms with Crippen molar-refractivity contribution in [3.63, 3.8) is 0 Å². The minimum Gasteiger partial charge on any atom is -0.293 e. The molecule has 0 radical (unpaired) electrons. The maximum atomic E-state index is 12.0. The molecule has 1 fully saturated rings. The number of carbonyl (C=O) groups is 1. The normalized spacial score (nSPS) is 13.9. The van der Waals surface area contributed by atoms with E-state index >= 15 is 0 Å². The number of benzene rings is 1. The van der Waals surface area contributed by atoms with E-state index in [0.717, 1.165) is 33.7 Å². The van der Waals surface area contributed by atoms with Crippen molar-refractivity contribution in [1.29, 1.82) is 0 Å². The van der Waals surface area contributed by atoms with Crippen molar-refractivity contribution in [2.24, 2.45) is 0 Å². The van der Waals surface area contributed by atoms with Gasteiger partial charge in [0.25, 0.3) is 0 Å². The van der Waals surface area contributed by atoms with Crippen LogP contribution >= 0.6 is 23.1 Å². The second-order valence-electron chi connectivity index (χ2n) is 6.13. The zero-order valence-electron chi connectivity index (χ0n) is 13.8. The standard InChI is InChI=1S/C19H19N3OS2/c23-16(17-9-5-12-24-17)8-4-13-25-19-20-18(14-10-11-14)22(21-19)15-6-2-1-3-7-15/h1-3,5-7,9,12,14H,4,8,10-11,13H2. The van der Waals surface area contributed by atoms with Crippen LogP contribution in [0.2, 0.25) is 0 Å². The Morgan fingerprint density at radius 1 is 1.20 bits per heavy atom. The molecule has 128 valence electrons. The molecule has 0 N–H and O–H groups in total. The van der Waals surface area contributed by atoms with Crippen LogP contribution in [0, 0.1) is 0 Å². The molecule has 0 amide bonds. The minimum absolute atomic E-state index is 0.233. The quantitative estimate of drug-likeness (QED) is 0.320. The highest BCUT2D eigenvalue weighted by Crippen LogP contribution is 2.40. The van der Waals surface area contributed by atoms with Gasteiger partial charge < -0.3 is 0 Å². The van der Waals surface area contributed by atoms with Gasteiger partial charge >= 0.3 is 0 Å². The number of aromatic nitrogens is 3. The van der Waals surface area contributed by atoms with Crippen molar-refractivity contribution in [1.82, 2.24) is 14.8 Å². The van der Waals surface area contributed by atoms with Crippen molar-refractivity contribution in [3.05, 3.63) is 58.5 Å². The van der Waals surface area contributed by atoms with Crippen LogP contribution < -0.4 is 0 Å². The summed E-state index contributed by atoms with van der Waals surface area (Å²) in [6.45, 7) is 0. The Bertz CT molecular complexity index is 839. The molecule has 1 aliphatic rings. The minimum atomic E-state index is 0.233. The van der Waals surface area contributed by atoms with Gasteiger partial charge in [-0.2, -0.15) is 0 Å². The number of hydrogen-bond donors (Lipinski definition) is 0. The van der Waals surface area contributed by atoms with E-state index in [-0.39, 0.29) is 5.78 Å². The number of para-hydroxylation sites is 1. The fraction of sp³-hybridized carbons (Fsp3) is 0.316. The Morgan fingerprint density at radius 3 is 2.76 bits per heavy atom. The molecule has 1 aliphatic carbocycles. The molecule has 3 aromatic rings. The lowest BCUT2D eigenvalue weighted by Crippen LogP contribution is -2.01. The van der Waals surface area contributed by atoms with Crippen molar-refractivity contribution in [3.8, 4) is 5.69 Å². The van der Waals surface area contributed by atoms with Gasteiger partial charge in [-0.15, -0.1) is 16.4 Å². The summed E-state index contributed by atoms with van der Waals surface area (Å²) < 4.78 is 1.98. The number of ketones is 1. The lowest BCUT2D eigenvalue weighted by molar-refractivity contribution is 0.0986. The molecule has 4 nitrogen and oxygen atoms in total. The zero-order valence-corrected chi connectivity index (χ0v) is 15.4. The SMILES string of the molecule is O=C(CCCSc1nc(C2CC2)n(-c2ccccc2)n1)c1cccs1. The first kappa shape index (κ1) is 16.5. The van der Waals surface area contributed by atoms with Crippen molar-refractivity contribution in [2.75, 3.05) is 5.75 Å². The van der Waals surface area contributed by atoms with Crippen LogP contribution in [0.4, 0.5) is 0 Å². The summed E-state index contributed by atoms with van der Waals surface area (Å²) in [7, 11) is 0. The number of nitrogens with zero attached hydrogens (tertiary/aromatic N) is 3. The number of hydrogen-bond acceptors (Lipinski definition) is 5. The molecule has 2 heterocycles. The van der Waals surface area contributed by atoms with Gasteiger partial charge in [-0.25, -0.2) is 9.67 Å². The molecule has 25 heavy (non-hydrogen) atoms. The van der Waals surface area contributed by atoms with E-state index in [9.17, 15) is 4.79 Å². The largest absolute Gasteiger partial charge is 0.293 e. The highest BCUT2D eigenvalue weighted by atomic mass is 32.2. The van der Waals surface area contributed by atoms with Crippen LogP contribution in [0.5, 0.6) is 0 Å². The third kappa shape index (κ3) is 4.02. The summed E-state index contributed by atoms with van der Waals surface area (Å²) in [4.78, 5) is 17.6. The Morgan fingerprint density at radius 2 is 2.04 bits per heavy atom. The fourth-order valence-corrected chi connectivity index (χ4v) is 4.15. The number of rotatable bonds is 8. The van der Waals surface area contributed by atoms with E-state index in [0.29, 0.717) is 12.3 Å². The molecule has 1 saturated carbocycles. The Kier molecular flexibility index (Phi) is 4.99. The van der Waals surface area contributed by atoms with Gasteiger partial charge in [-0.05, 0) is 42.8 Å². The Balaban J connectivity index is 1.37. The van der Waals surface area contributed by atoms with Crippen LogP contribution in [-0.4, -0.2) is 26.3 Å². The summed E-state index contributed by atoms with van der Waals surface area (Å²) in [5, 5.41) is 7.45. The van der Waals surface area contributed by atoms with Gasteiger partial charge in [0.1, 0.15) is 5.82 Å². The van der Waals surface area contributed by atoms with Crippen LogP contribution in [0.1, 0.15) is 47.1 Å². The summed E-state index contributed by atoms with van der Waals surface area (Å²) in [6.07, 6.45) is 3.83. The third-order valence-corrected chi connectivity index (χ3v) is 5.97. The van der Waals surface area contributed by atoms with E-state index in [4.69, 9.17) is 10.1 Å². The summed E-state index contributed by atoms with van der Waals surface area (Å²) in [5.41, 5.74) is 1.07. The monoisotopic (exact) mass is 369 g/mol. The van der Waals surface area contributed by atoms with E-state index in [1.54, 1.807) is 11.8 Å². The zero-order chi connectivity index (χ0) is 17.1. The molecular formula is C19H19N3OS2. The lowest BCUT2D eigenvalue weighted by atomic mass is 10.2. The maximum absolute atomic E-state index is 12.0. The molecule has 2 aromatic heterocycles. The second-order valence-corrected chi connectivity index (χ2v) is 8.14. The van der Waals surface area contributed by atoms with Crippen LogP contribution in [0.3, 0.4) is 0 Å². The van der Waals surface area contributed by atoms with Gasteiger partial charge in [-0.3, -0.25) is 4.79 Å². The summed E-state index contributed by atoms with van der Waals surface area (Å²) >= 11 is 3.16. The summed E-state index contributed by atoms with van der Waals surface area (Å²) in [6, 6.07) is 14.0. The molecule has 0 aliphatic heterocycles. The van der Waals surface area contributed by atoms with E-state index in [1.807, 2.05) is 40.4 Å². The first-order chi connectivity index (χ1) is 12.3. The van der Waals surface area contributed by atoms with Crippen LogP contribution in [-0.2, 0) is 0 Å². The van der Waals surface area contributed by atoms with Crippen molar-refractivity contribution in [2.45, 2.75) is 36.8 Å². The number of thiophene rings is 1. The predicted octanol–water partition coefficient (Wildman–Crippen LogP) is 4.96. The lowest BCUT2D eigenvalue weighted by Gasteiger charge is -2.03. The van der Waals surface area contributed by atoms with Gasteiger partial charge in [-0.1, -0.05) is 36.0 Å². The average molecular weight is 370 g/mol. The molecule has 0 spiro atoms. The first-order valence-corrected chi connectivity index (χ1v) is 10.4. The topological polar surface area (TPSA) is 47.8 Å². The highest BCUT2D eigenvalue weighted by molar-refractivity contribution is 7.99. The molecule has 1 aromatic carbocycles. The molecule has 0 saturated heterocycles. The van der Waals surface area contributed by atoms with E-state index < -0.39 is 0 Å². The molecule has 4 rings (SSSR count). The van der Waals surface area contributed by atoms with Crippen molar-refractivity contribution >= 4 is 28.9 Å². The summed E-state index contributed by atoms with van der Waals surface area (Å²) in [5.74, 6) is 2.71. The third-order valence-electron chi connectivity index (χ3n) is 4.13. The average Bonchev–Trinajstić information content (AvgIpc) is 3.18. The molecule has 0 bridgehead atoms. The molecule has 0 atom stereocenters. The van der Waals surface area contributed by atoms with E-state index in [1.165, 1.54) is 24.2 Å². The van der Waals surface area contributed by atoms with E-state index in [2.05, 4.69) is 12.1 Å². The predicted molar refractivity (Wildman–Crippen MR) is 102 cm³/mol. The molecule has 0 unspecified atom stereocenters. The number of thioether (sulfide) groups is 1. The van der Waals surface area contributed by atoms with Crippen LogP contribution in [0.15, 0.2) is 53.0 Å². The smallest absolute Gasteiger partial charge is 0.209 e. The van der Waals surface area contributed by atoms with Gasteiger partial charge in [0.15, 0.2) is 5.78 Å². The van der Waals surface area contributed by atoms with Crippen molar-refractivity contribution < 1.29 is 4.79 Å². The van der Waals surface area contributed by atoms with Crippen LogP contribution in [0.25, 0.3) is 5.69 Å². The Labute approximate surface area is 155 Å². The highest BCUT2D eigenvalue weighted by Gasteiger charge is 2.30. The van der Waals surface area contributed by atoms with Gasteiger partial charge in [0.05, 0.1) is 10.6 Å². The first-order valence-electron chi connectivity index (χ1n) is 8.53. The molecular weight excluding hydrogens is 350 g/mol. The van der Waals surface area contributed by atoms with Gasteiger partial charge in [0, 0.05) is 18.1 Å². The number of Topliss-reactive ketones (excluding diaryl/α,β-unsaturated/α-hetero) is 1. The number of carbonyl (C=O) groups excluding carboxylic acids is 1. The second kappa shape index (κ2) is 7.54. The fourth-order valence-electron chi connectivity index (χ4n) is 2.69. The van der Waals surface area contributed by atoms with Gasteiger partial charge in [0.2, 0.25) is 5.16 Å². The maximum Gasteiger partial charge on any atom is 0.209 e.